The van der Waals surface area contributed by atoms with Crippen LogP contribution in [-0.2, 0) is 4.74 Å². The highest BCUT2D eigenvalue weighted by atomic mass is 16.6. The number of nitrogens with one attached hydrogen (secondary N) is 1. The lowest BCUT2D eigenvalue weighted by molar-refractivity contribution is 0.0523. The van der Waals surface area contributed by atoms with Crippen LogP contribution in [0.4, 0.5) is 4.79 Å². The molecule has 20 heavy (non-hydrogen) atoms. The zero-order chi connectivity index (χ0) is 14.8. The van der Waals surface area contributed by atoms with Crippen LogP contribution in [0.3, 0.4) is 0 Å². The summed E-state index contributed by atoms with van der Waals surface area (Å²) in [6, 6.07) is 4.13. The Bertz CT molecular complexity index is 480. The van der Waals surface area contributed by atoms with Crippen LogP contribution in [0.25, 0.3) is 0 Å². The van der Waals surface area contributed by atoms with Gasteiger partial charge in [0, 0.05) is 24.4 Å². The number of pyridine rings is 1. The number of nitrogens with zero attached hydrogens (tertiary/aromatic N) is 1. The molecule has 0 bridgehead atoms. The lowest BCUT2D eigenvalue weighted by atomic mass is 9.80. The van der Waals surface area contributed by atoms with Crippen LogP contribution in [-0.4, -0.2) is 23.2 Å². The van der Waals surface area contributed by atoms with Crippen molar-refractivity contribution in [3.8, 4) is 0 Å². The summed E-state index contributed by atoms with van der Waals surface area (Å²) in [4.78, 5) is 16.2. The highest BCUT2D eigenvalue weighted by Crippen LogP contribution is 2.36. The van der Waals surface area contributed by atoms with Crippen LogP contribution < -0.4 is 5.32 Å². The fourth-order valence-electron chi connectivity index (χ4n) is 2.65. The van der Waals surface area contributed by atoms with Crippen molar-refractivity contribution in [2.45, 2.75) is 58.0 Å². The molecule has 1 amide bonds. The highest BCUT2D eigenvalue weighted by Gasteiger charge is 2.26. The van der Waals surface area contributed by atoms with Crippen LogP contribution in [0.2, 0.25) is 0 Å². The van der Waals surface area contributed by atoms with Crippen LogP contribution in [0, 0.1) is 0 Å². The zero-order valence-corrected chi connectivity index (χ0v) is 12.8. The highest BCUT2D eigenvalue weighted by molar-refractivity contribution is 5.67. The zero-order valence-electron chi connectivity index (χ0n) is 12.8. The van der Waals surface area contributed by atoms with Crippen molar-refractivity contribution in [2.75, 3.05) is 6.54 Å². The van der Waals surface area contributed by atoms with Crippen LogP contribution in [0.15, 0.2) is 18.3 Å². The van der Waals surface area contributed by atoms with Gasteiger partial charge in [-0.05, 0) is 51.2 Å². The molecule has 110 valence electrons. The van der Waals surface area contributed by atoms with E-state index in [1.807, 2.05) is 33.0 Å². The van der Waals surface area contributed by atoms with E-state index in [-0.39, 0.29) is 12.0 Å². The maximum absolute atomic E-state index is 11.7. The number of rotatable bonds is 2. The van der Waals surface area contributed by atoms with Crippen molar-refractivity contribution >= 4 is 6.09 Å². The Morgan fingerprint density at radius 3 is 2.90 bits per heavy atom. The Morgan fingerprint density at radius 2 is 2.20 bits per heavy atom. The largest absolute Gasteiger partial charge is 0.444 e. The van der Waals surface area contributed by atoms with Crippen molar-refractivity contribution in [3.63, 3.8) is 0 Å². The van der Waals surface area contributed by atoms with E-state index in [4.69, 9.17) is 4.74 Å². The first kappa shape index (κ1) is 14.8. The smallest absolute Gasteiger partial charge is 0.407 e. The van der Waals surface area contributed by atoms with E-state index < -0.39 is 5.60 Å². The molecule has 1 aliphatic rings. The molecule has 0 saturated heterocycles. The Balaban J connectivity index is 1.98. The van der Waals surface area contributed by atoms with Crippen LogP contribution in [0.1, 0.15) is 63.6 Å². The molecule has 4 heteroatoms. The second kappa shape index (κ2) is 5.81. The first-order valence-electron chi connectivity index (χ1n) is 7.28. The summed E-state index contributed by atoms with van der Waals surface area (Å²) in [5, 5.41) is 2.86. The average Bonchev–Trinajstić information content (AvgIpc) is 2.36. The van der Waals surface area contributed by atoms with E-state index in [0.717, 1.165) is 18.5 Å². The van der Waals surface area contributed by atoms with E-state index in [0.29, 0.717) is 12.5 Å². The summed E-state index contributed by atoms with van der Waals surface area (Å²) in [5.41, 5.74) is 1.98. The molecule has 0 fully saturated rings. The number of alkyl carbamates (subject to hydrolysis) is 1. The molecule has 1 aliphatic carbocycles. The molecule has 2 rings (SSSR count). The molecule has 1 aromatic rings. The fraction of sp³-hybridized carbons (Fsp3) is 0.625. The number of amides is 1. The van der Waals surface area contributed by atoms with E-state index >= 15 is 0 Å². The maximum Gasteiger partial charge on any atom is 0.407 e. The average molecular weight is 276 g/mol. The van der Waals surface area contributed by atoms with Gasteiger partial charge in [-0.1, -0.05) is 13.0 Å². The second-order valence-electron chi connectivity index (χ2n) is 6.54. The van der Waals surface area contributed by atoms with E-state index in [1.54, 1.807) is 0 Å². The minimum absolute atomic E-state index is 0.287. The number of carbonyl (C=O) groups excluding carboxylic acids is 1. The second-order valence-corrected chi connectivity index (χ2v) is 6.54. The van der Waals surface area contributed by atoms with Gasteiger partial charge < -0.3 is 10.1 Å². The Kier molecular flexibility index (Phi) is 4.31. The molecule has 1 heterocycles. The number of aromatic nitrogens is 1. The van der Waals surface area contributed by atoms with E-state index in [9.17, 15) is 4.79 Å². The molecule has 0 aliphatic heterocycles. The van der Waals surface area contributed by atoms with Crippen LogP contribution in [0.5, 0.6) is 0 Å². The third-order valence-electron chi connectivity index (χ3n) is 3.63. The summed E-state index contributed by atoms with van der Waals surface area (Å²) in [6.07, 6.45) is 3.67. The number of carbonyl (C=O) groups is 1. The molecule has 0 spiro atoms. The molecule has 4 nitrogen and oxygen atoms in total. The van der Waals surface area contributed by atoms with Crippen molar-refractivity contribution in [1.29, 1.82) is 0 Å². The molecule has 2 atom stereocenters. The van der Waals surface area contributed by atoms with Gasteiger partial charge in [0.05, 0.1) is 0 Å². The summed E-state index contributed by atoms with van der Waals surface area (Å²) in [5.74, 6) is 0.839. The summed E-state index contributed by atoms with van der Waals surface area (Å²) >= 11 is 0. The molecule has 0 unspecified atom stereocenters. The Morgan fingerprint density at radius 1 is 1.45 bits per heavy atom. The van der Waals surface area contributed by atoms with Crippen molar-refractivity contribution in [3.05, 3.63) is 29.6 Å². The predicted molar refractivity (Wildman–Crippen MR) is 78.9 cm³/mol. The number of fused-ring (bicyclic) bond motifs is 1. The summed E-state index contributed by atoms with van der Waals surface area (Å²) < 4.78 is 5.27. The first-order valence-corrected chi connectivity index (χ1v) is 7.28. The molecule has 1 aromatic heterocycles. The van der Waals surface area contributed by atoms with Gasteiger partial charge in [-0.2, -0.15) is 0 Å². The number of hydrogen-bond donors (Lipinski definition) is 1. The molecular formula is C16H24N2O2. The Labute approximate surface area is 120 Å². The van der Waals surface area contributed by atoms with Crippen LogP contribution >= 0.6 is 0 Å². The lowest BCUT2D eigenvalue weighted by Gasteiger charge is -2.29. The van der Waals surface area contributed by atoms with Gasteiger partial charge in [0.25, 0.3) is 0 Å². The quantitative estimate of drug-likeness (QED) is 0.898. The molecular weight excluding hydrogens is 252 g/mol. The Hall–Kier alpha value is -1.58. The normalized spacial score (nSPS) is 22.0. The third kappa shape index (κ3) is 3.71. The van der Waals surface area contributed by atoms with E-state index in [2.05, 4.69) is 23.3 Å². The van der Waals surface area contributed by atoms with Crippen molar-refractivity contribution in [1.82, 2.24) is 10.3 Å². The third-order valence-corrected chi connectivity index (χ3v) is 3.63. The molecule has 1 N–H and O–H groups in total. The van der Waals surface area contributed by atoms with Gasteiger partial charge in [0.15, 0.2) is 0 Å². The summed E-state index contributed by atoms with van der Waals surface area (Å²) in [7, 11) is 0. The predicted octanol–water partition coefficient (Wildman–Crippen LogP) is 3.59. The van der Waals surface area contributed by atoms with Crippen molar-refractivity contribution < 1.29 is 9.53 Å². The van der Waals surface area contributed by atoms with Gasteiger partial charge in [-0.25, -0.2) is 4.79 Å². The minimum atomic E-state index is -0.457. The standard InChI is InChI=1S/C16H24N2O2/c1-11-7-8-12(14-13(11)6-5-9-17-14)10-18-15(19)20-16(2,3)4/h5-6,9,11-12H,7-8,10H2,1-4H3,(H,18,19)/t11-,12-/m1/s1. The SMILES string of the molecule is C[C@@H]1CC[C@H](CNC(=O)OC(C)(C)C)c2ncccc21. The molecule has 0 radical (unpaired) electrons. The maximum atomic E-state index is 11.7. The van der Waals surface area contributed by atoms with Gasteiger partial charge in [-0.15, -0.1) is 0 Å². The van der Waals surface area contributed by atoms with Gasteiger partial charge in [0.2, 0.25) is 0 Å². The van der Waals surface area contributed by atoms with Crippen molar-refractivity contribution in [2.24, 2.45) is 0 Å². The topological polar surface area (TPSA) is 51.2 Å². The minimum Gasteiger partial charge on any atom is -0.444 e. The van der Waals surface area contributed by atoms with E-state index in [1.165, 1.54) is 5.56 Å². The number of hydrogen-bond acceptors (Lipinski definition) is 3. The number of ether oxygens (including phenoxy) is 1. The van der Waals surface area contributed by atoms with Gasteiger partial charge in [0.1, 0.15) is 5.60 Å². The molecule has 0 aromatic carbocycles. The summed E-state index contributed by atoms with van der Waals surface area (Å²) in [6.45, 7) is 8.42. The monoisotopic (exact) mass is 276 g/mol. The fourth-order valence-corrected chi connectivity index (χ4v) is 2.65. The lowest BCUT2D eigenvalue weighted by Crippen LogP contribution is -2.35. The van der Waals surface area contributed by atoms with Gasteiger partial charge in [-0.3, -0.25) is 4.98 Å². The van der Waals surface area contributed by atoms with Gasteiger partial charge >= 0.3 is 6.09 Å². The molecule has 0 saturated carbocycles. The first-order chi connectivity index (χ1) is 9.37.